The number of methoxy groups -OCH3 is 2. The van der Waals surface area contributed by atoms with Crippen molar-refractivity contribution in [3.63, 3.8) is 0 Å². The minimum atomic E-state index is -0.349. The molecular formula is C24H22N2O5. The molecule has 4 rings (SSSR count). The van der Waals surface area contributed by atoms with Crippen LogP contribution in [0.1, 0.15) is 21.5 Å². The first kappa shape index (κ1) is 20.3. The third kappa shape index (κ3) is 4.02. The standard InChI is InChI=1S/C24H22N2O5/c1-13-7-20-22(8-14(13)2)31-24(26-20)19-11-16(5-6-21(19)27)25-23(28)15-9-17(29-3)12-18(10-15)30-4/h5-12,27H,1-4H3,(H,25,28). The first-order valence-electron chi connectivity index (χ1n) is 9.63. The minimum Gasteiger partial charge on any atom is -0.507 e. The van der Waals surface area contributed by atoms with Crippen LogP contribution >= 0.6 is 0 Å². The van der Waals surface area contributed by atoms with Crippen molar-refractivity contribution >= 4 is 22.7 Å². The fourth-order valence-electron chi connectivity index (χ4n) is 3.22. The molecule has 158 valence electrons. The van der Waals surface area contributed by atoms with Crippen LogP contribution in [0.25, 0.3) is 22.6 Å². The van der Waals surface area contributed by atoms with Gasteiger partial charge >= 0.3 is 0 Å². The third-order valence-corrected chi connectivity index (χ3v) is 5.10. The maximum absolute atomic E-state index is 12.8. The number of hydrogen-bond acceptors (Lipinski definition) is 6. The van der Waals surface area contributed by atoms with E-state index in [9.17, 15) is 9.90 Å². The van der Waals surface area contributed by atoms with Crippen molar-refractivity contribution < 1.29 is 23.8 Å². The van der Waals surface area contributed by atoms with E-state index in [4.69, 9.17) is 13.9 Å². The zero-order valence-electron chi connectivity index (χ0n) is 17.6. The molecule has 1 aromatic heterocycles. The predicted octanol–water partition coefficient (Wildman–Crippen LogP) is 5.09. The Balaban J connectivity index is 1.66. The number of carbonyl (C=O) groups excluding carboxylic acids is 1. The van der Waals surface area contributed by atoms with Crippen molar-refractivity contribution in [2.75, 3.05) is 19.5 Å². The van der Waals surface area contributed by atoms with E-state index in [0.29, 0.717) is 39.4 Å². The Bertz CT molecular complexity index is 1230. The smallest absolute Gasteiger partial charge is 0.255 e. The van der Waals surface area contributed by atoms with E-state index in [0.717, 1.165) is 11.1 Å². The lowest BCUT2D eigenvalue weighted by Gasteiger charge is -2.10. The van der Waals surface area contributed by atoms with E-state index < -0.39 is 0 Å². The molecule has 1 heterocycles. The second kappa shape index (κ2) is 8.02. The van der Waals surface area contributed by atoms with Gasteiger partial charge in [-0.25, -0.2) is 4.98 Å². The molecule has 0 spiro atoms. The van der Waals surface area contributed by atoms with Gasteiger partial charge in [-0.15, -0.1) is 0 Å². The summed E-state index contributed by atoms with van der Waals surface area (Å²) in [6, 6.07) is 13.5. The maximum atomic E-state index is 12.8. The van der Waals surface area contributed by atoms with Crippen molar-refractivity contribution in [3.8, 4) is 28.7 Å². The monoisotopic (exact) mass is 418 g/mol. The van der Waals surface area contributed by atoms with E-state index >= 15 is 0 Å². The molecule has 0 atom stereocenters. The summed E-state index contributed by atoms with van der Waals surface area (Å²) < 4.78 is 16.3. The molecule has 0 fully saturated rings. The van der Waals surface area contributed by atoms with Crippen LogP contribution in [0.5, 0.6) is 17.2 Å². The maximum Gasteiger partial charge on any atom is 0.255 e. The predicted molar refractivity (Wildman–Crippen MR) is 118 cm³/mol. The summed E-state index contributed by atoms with van der Waals surface area (Å²) in [6.07, 6.45) is 0. The summed E-state index contributed by atoms with van der Waals surface area (Å²) in [5, 5.41) is 13.2. The van der Waals surface area contributed by atoms with Gasteiger partial charge in [-0.2, -0.15) is 0 Å². The van der Waals surface area contributed by atoms with E-state index in [2.05, 4.69) is 10.3 Å². The van der Waals surface area contributed by atoms with Crippen LogP contribution in [0.4, 0.5) is 5.69 Å². The number of nitrogens with zero attached hydrogens (tertiary/aromatic N) is 1. The largest absolute Gasteiger partial charge is 0.507 e. The number of phenols is 1. The quantitative estimate of drug-likeness (QED) is 0.439. The summed E-state index contributed by atoms with van der Waals surface area (Å²) in [6.45, 7) is 4.00. The zero-order valence-corrected chi connectivity index (χ0v) is 17.6. The Morgan fingerprint density at radius 1 is 0.968 bits per heavy atom. The number of aromatic nitrogens is 1. The lowest BCUT2D eigenvalue weighted by atomic mass is 10.1. The van der Waals surface area contributed by atoms with E-state index in [1.165, 1.54) is 20.3 Å². The molecule has 4 aromatic rings. The van der Waals surface area contributed by atoms with Crippen molar-refractivity contribution in [2.45, 2.75) is 13.8 Å². The van der Waals surface area contributed by atoms with Gasteiger partial charge in [0.1, 0.15) is 22.8 Å². The van der Waals surface area contributed by atoms with Crippen molar-refractivity contribution in [2.24, 2.45) is 0 Å². The number of anilines is 1. The summed E-state index contributed by atoms with van der Waals surface area (Å²) in [7, 11) is 3.04. The van der Waals surface area contributed by atoms with Crippen LogP contribution in [0.2, 0.25) is 0 Å². The molecule has 0 aliphatic rings. The highest BCUT2D eigenvalue weighted by atomic mass is 16.5. The Kier molecular flexibility index (Phi) is 5.25. The van der Waals surface area contributed by atoms with Gasteiger partial charge in [0.15, 0.2) is 5.58 Å². The molecule has 0 saturated carbocycles. The first-order chi connectivity index (χ1) is 14.9. The number of benzene rings is 3. The number of ether oxygens (including phenoxy) is 2. The number of aromatic hydroxyl groups is 1. The number of amides is 1. The molecule has 0 aliphatic carbocycles. The molecular weight excluding hydrogens is 396 g/mol. The summed E-state index contributed by atoms with van der Waals surface area (Å²) >= 11 is 0. The molecule has 2 N–H and O–H groups in total. The molecule has 7 nitrogen and oxygen atoms in total. The lowest BCUT2D eigenvalue weighted by Crippen LogP contribution is -2.12. The van der Waals surface area contributed by atoms with Gasteiger partial charge in [0.2, 0.25) is 5.89 Å². The fraction of sp³-hybridized carbons (Fsp3) is 0.167. The number of nitrogens with one attached hydrogen (secondary N) is 1. The van der Waals surface area contributed by atoms with E-state index in [-0.39, 0.29) is 17.5 Å². The molecule has 3 aromatic carbocycles. The van der Waals surface area contributed by atoms with Gasteiger partial charge in [-0.05, 0) is 67.4 Å². The Labute approximate surface area is 179 Å². The number of oxazole rings is 1. The van der Waals surface area contributed by atoms with Gasteiger partial charge in [0, 0.05) is 17.3 Å². The average Bonchev–Trinajstić information content (AvgIpc) is 3.17. The van der Waals surface area contributed by atoms with Gasteiger partial charge < -0.3 is 24.3 Å². The van der Waals surface area contributed by atoms with Crippen LogP contribution in [0.3, 0.4) is 0 Å². The van der Waals surface area contributed by atoms with E-state index in [1.807, 2.05) is 26.0 Å². The Hall–Kier alpha value is -4.00. The molecule has 1 amide bonds. The number of phenolic OH excluding ortho intramolecular Hbond substituents is 1. The molecule has 31 heavy (non-hydrogen) atoms. The fourth-order valence-corrected chi connectivity index (χ4v) is 3.22. The highest BCUT2D eigenvalue weighted by Crippen LogP contribution is 2.34. The van der Waals surface area contributed by atoms with Gasteiger partial charge in [-0.1, -0.05) is 0 Å². The lowest BCUT2D eigenvalue weighted by molar-refractivity contribution is 0.102. The van der Waals surface area contributed by atoms with E-state index in [1.54, 1.807) is 30.3 Å². The van der Waals surface area contributed by atoms with Crippen LogP contribution in [-0.2, 0) is 0 Å². The second-order valence-corrected chi connectivity index (χ2v) is 7.21. The molecule has 0 bridgehead atoms. The third-order valence-electron chi connectivity index (χ3n) is 5.10. The van der Waals surface area contributed by atoms with Crippen molar-refractivity contribution in [1.29, 1.82) is 0 Å². The van der Waals surface area contributed by atoms with Crippen LogP contribution in [-0.4, -0.2) is 30.2 Å². The summed E-state index contributed by atoms with van der Waals surface area (Å²) in [5.41, 5.74) is 4.77. The van der Waals surface area contributed by atoms with Gasteiger partial charge in [0.05, 0.1) is 19.8 Å². The van der Waals surface area contributed by atoms with Crippen LogP contribution in [0.15, 0.2) is 52.9 Å². The normalized spacial score (nSPS) is 10.8. The Morgan fingerprint density at radius 3 is 2.32 bits per heavy atom. The molecule has 0 unspecified atom stereocenters. The summed E-state index contributed by atoms with van der Waals surface area (Å²) in [5.74, 6) is 0.941. The van der Waals surface area contributed by atoms with Crippen molar-refractivity contribution in [3.05, 3.63) is 65.2 Å². The second-order valence-electron chi connectivity index (χ2n) is 7.21. The molecule has 7 heteroatoms. The first-order valence-corrected chi connectivity index (χ1v) is 9.63. The minimum absolute atomic E-state index is 0.000971. The molecule has 0 saturated heterocycles. The van der Waals surface area contributed by atoms with Crippen molar-refractivity contribution in [1.82, 2.24) is 4.98 Å². The SMILES string of the molecule is COc1cc(OC)cc(C(=O)Nc2ccc(O)c(-c3nc4cc(C)c(C)cc4o3)c2)c1. The van der Waals surface area contributed by atoms with Gasteiger partial charge in [-0.3, -0.25) is 4.79 Å². The summed E-state index contributed by atoms with van der Waals surface area (Å²) in [4.78, 5) is 17.3. The number of aryl methyl sites for hydroxylation is 2. The average molecular weight is 418 g/mol. The zero-order chi connectivity index (χ0) is 22.1. The highest BCUT2D eigenvalue weighted by Gasteiger charge is 2.16. The van der Waals surface area contributed by atoms with Gasteiger partial charge in [0.25, 0.3) is 5.91 Å². The molecule has 0 radical (unpaired) electrons. The number of carbonyl (C=O) groups is 1. The Morgan fingerprint density at radius 2 is 1.65 bits per heavy atom. The van der Waals surface area contributed by atoms with Crippen LogP contribution in [0, 0.1) is 13.8 Å². The van der Waals surface area contributed by atoms with Crippen LogP contribution < -0.4 is 14.8 Å². The number of rotatable bonds is 5. The molecule has 0 aliphatic heterocycles. The number of hydrogen-bond donors (Lipinski definition) is 2. The highest BCUT2D eigenvalue weighted by molar-refractivity contribution is 6.05. The number of fused-ring (bicyclic) bond motifs is 1. The topological polar surface area (TPSA) is 93.8 Å².